The Labute approximate surface area is 121 Å². The Balaban J connectivity index is 1.73. The van der Waals surface area contributed by atoms with Crippen molar-refractivity contribution >= 4 is 5.69 Å². The molecule has 2 heterocycles. The summed E-state index contributed by atoms with van der Waals surface area (Å²) >= 11 is 0. The Morgan fingerprint density at radius 2 is 1.85 bits per heavy atom. The Hall–Kier alpha value is -1.10. The molecule has 1 atom stereocenters. The van der Waals surface area contributed by atoms with E-state index in [1.165, 1.54) is 11.3 Å². The first kappa shape index (κ1) is 13.9. The summed E-state index contributed by atoms with van der Waals surface area (Å²) in [5.74, 6) is -0.353. The van der Waals surface area contributed by atoms with Crippen molar-refractivity contribution in [3.8, 4) is 0 Å². The van der Waals surface area contributed by atoms with Crippen molar-refractivity contribution in [3.05, 3.63) is 29.8 Å². The van der Waals surface area contributed by atoms with Gasteiger partial charge >= 0.3 is 0 Å². The molecule has 2 aliphatic rings. The highest BCUT2D eigenvalue weighted by atomic mass is 16.7. The molecule has 1 unspecified atom stereocenters. The first-order valence-electron chi connectivity index (χ1n) is 7.47. The van der Waals surface area contributed by atoms with E-state index in [0.717, 1.165) is 39.0 Å². The van der Waals surface area contributed by atoms with Crippen LogP contribution in [-0.4, -0.2) is 39.6 Å². The zero-order valence-corrected chi connectivity index (χ0v) is 12.4. The van der Waals surface area contributed by atoms with Crippen molar-refractivity contribution in [2.24, 2.45) is 0 Å². The Morgan fingerprint density at radius 3 is 2.50 bits per heavy atom. The van der Waals surface area contributed by atoms with Crippen molar-refractivity contribution in [3.63, 3.8) is 0 Å². The number of nitrogens with zero attached hydrogens (tertiary/aromatic N) is 1. The number of hydrogen-bond donors (Lipinski definition) is 1. The van der Waals surface area contributed by atoms with Gasteiger partial charge in [0, 0.05) is 45.2 Å². The molecule has 3 rings (SSSR count). The highest BCUT2D eigenvalue weighted by Gasteiger charge is 2.40. The van der Waals surface area contributed by atoms with Crippen LogP contribution < -0.4 is 10.2 Å². The van der Waals surface area contributed by atoms with Crippen LogP contribution in [0.1, 0.15) is 30.9 Å². The molecule has 2 fully saturated rings. The van der Waals surface area contributed by atoms with Crippen LogP contribution in [0.3, 0.4) is 0 Å². The molecule has 0 radical (unpaired) electrons. The second-order valence-corrected chi connectivity index (χ2v) is 5.91. The van der Waals surface area contributed by atoms with Crippen LogP contribution in [0.5, 0.6) is 0 Å². The number of benzene rings is 1. The molecule has 4 nitrogen and oxygen atoms in total. The van der Waals surface area contributed by atoms with Crippen molar-refractivity contribution < 1.29 is 9.47 Å². The average molecular weight is 276 g/mol. The molecule has 2 saturated heterocycles. The first-order valence-corrected chi connectivity index (χ1v) is 7.47. The molecule has 1 aromatic rings. The highest BCUT2D eigenvalue weighted by molar-refractivity contribution is 5.46. The lowest BCUT2D eigenvalue weighted by atomic mass is 9.92. The van der Waals surface area contributed by atoms with Gasteiger partial charge in [0.2, 0.25) is 0 Å². The van der Waals surface area contributed by atoms with E-state index in [-0.39, 0.29) is 5.79 Å². The lowest BCUT2D eigenvalue weighted by Gasteiger charge is -2.43. The predicted molar refractivity (Wildman–Crippen MR) is 80.0 cm³/mol. The van der Waals surface area contributed by atoms with E-state index in [1.54, 1.807) is 0 Å². The largest absolute Gasteiger partial charge is 0.378 e. The SMILES string of the molecule is CN(C)c1ccc(C2CC3(CCN2)OCCCO3)cc1. The number of rotatable bonds is 2. The topological polar surface area (TPSA) is 33.7 Å². The quantitative estimate of drug-likeness (QED) is 0.899. The summed E-state index contributed by atoms with van der Waals surface area (Å²) in [7, 11) is 4.12. The third kappa shape index (κ3) is 2.82. The van der Waals surface area contributed by atoms with Crippen LogP contribution in [0.4, 0.5) is 5.69 Å². The fourth-order valence-corrected chi connectivity index (χ4v) is 3.04. The van der Waals surface area contributed by atoms with Crippen LogP contribution in [0, 0.1) is 0 Å². The second kappa shape index (κ2) is 5.72. The summed E-state index contributed by atoms with van der Waals surface area (Å²) in [4.78, 5) is 2.12. The van der Waals surface area contributed by atoms with E-state index < -0.39 is 0 Å². The molecule has 0 aromatic heterocycles. The van der Waals surface area contributed by atoms with Crippen molar-refractivity contribution in [1.82, 2.24) is 5.32 Å². The molecule has 0 amide bonds. The van der Waals surface area contributed by atoms with Gasteiger partial charge in [-0.25, -0.2) is 0 Å². The van der Waals surface area contributed by atoms with E-state index >= 15 is 0 Å². The van der Waals surface area contributed by atoms with Crippen molar-refractivity contribution in [1.29, 1.82) is 0 Å². The molecule has 0 saturated carbocycles. The summed E-state index contributed by atoms with van der Waals surface area (Å²) in [6.45, 7) is 2.60. The Kier molecular flexibility index (Phi) is 3.96. The van der Waals surface area contributed by atoms with Crippen molar-refractivity contribution in [2.45, 2.75) is 31.1 Å². The fraction of sp³-hybridized carbons (Fsp3) is 0.625. The average Bonchev–Trinajstić information content (AvgIpc) is 2.48. The highest BCUT2D eigenvalue weighted by Crippen LogP contribution is 2.36. The van der Waals surface area contributed by atoms with Gasteiger partial charge in [0.15, 0.2) is 5.79 Å². The number of hydrogen-bond acceptors (Lipinski definition) is 4. The summed E-state index contributed by atoms with van der Waals surface area (Å²) in [5, 5.41) is 3.58. The van der Waals surface area contributed by atoms with E-state index in [0.29, 0.717) is 6.04 Å². The molecule has 110 valence electrons. The third-order valence-electron chi connectivity index (χ3n) is 4.24. The maximum atomic E-state index is 5.95. The minimum Gasteiger partial charge on any atom is -0.378 e. The number of anilines is 1. The molecular weight excluding hydrogens is 252 g/mol. The van der Waals surface area contributed by atoms with E-state index in [9.17, 15) is 0 Å². The second-order valence-electron chi connectivity index (χ2n) is 5.91. The van der Waals surface area contributed by atoms with Gasteiger partial charge in [-0.1, -0.05) is 12.1 Å². The summed E-state index contributed by atoms with van der Waals surface area (Å²) in [5.41, 5.74) is 2.54. The van der Waals surface area contributed by atoms with Gasteiger partial charge < -0.3 is 19.7 Å². The minimum atomic E-state index is -0.353. The maximum Gasteiger partial charge on any atom is 0.171 e. The minimum absolute atomic E-state index is 0.318. The van der Waals surface area contributed by atoms with Gasteiger partial charge in [-0.05, 0) is 24.1 Å². The van der Waals surface area contributed by atoms with E-state index in [2.05, 4.69) is 48.6 Å². The molecule has 0 aliphatic carbocycles. The molecule has 4 heteroatoms. The van der Waals surface area contributed by atoms with Gasteiger partial charge in [0.25, 0.3) is 0 Å². The zero-order valence-electron chi connectivity index (χ0n) is 12.4. The van der Waals surface area contributed by atoms with Crippen LogP contribution in [0.25, 0.3) is 0 Å². The molecule has 1 spiro atoms. The fourth-order valence-electron chi connectivity index (χ4n) is 3.04. The van der Waals surface area contributed by atoms with E-state index in [1.807, 2.05) is 0 Å². The number of piperidine rings is 1. The lowest BCUT2D eigenvalue weighted by Crippen LogP contribution is -2.49. The monoisotopic (exact) mass is 276 g/mol. The smallest absolute Gasteiger partial charge is 0.171 e. The predicted octanol–water partition coefficient (Wildman–Crippen LogP) is 2.31. The van der Waals surface area contributed by atoms with Crippen LogP contribution in [-0.2, 0) is 9.47 Å². The maximum absolute atomic E-state index is 5.95. The molecule has 20 heavy (non-hydrogen) atoms. The molecule has 2 aliphatic heterocycles. The Bertz CT molecular complexity index is 433. The van der Waals surface area contributed by atoms with Gasteiger partial charge in [0.05, 0.1) is 13.2 Å². The van der Waals surface area contributed by atoms with Crippen LogP contribution >= 0.6 is 0 Å². The number of ether oxygens (including phenoxy) is 2. The van der Waals surface area contributed by atoms with Gasteiger partial charge in [0.1, 0.15) is 0 Å². The standard InChI is InChI=1S/C16H24N2O2/c1-18(2)14-6-4-13(5-7-14)15-12-16(8-9-17-15)19-10-3-11-20-16/h4-7,15,17H,3,8-12H2,1-2H3. The summed E-state index contributed by atoms with van der Waals surface area (Å²) in [6.07, 6.45) is 2.85. The number of nitrogens with one attached hydrogen (secondary N) is 1. The third-order valence-corrected chi connectivity index (χ3v) is 4.24. The lowest BCUT2D eigenvalue weighted by molar-refractivity contribution is -0.281. The normalized spacial score (nSPS) is 25.6. The molecule has 1 aromatic carbocycles. The molecule has 1 N–H and O–H groups in total. The Morgan fingerprint density at radius 1 is 1.15 bits per heavy atom. The molecular formula is C16H24N2O2. The summed E-state index contributed by atoms with van der Waals surface area (Å²) in [6, 6.07) is 9.06. The zero-order chi connectivity index (χ0) is 14.0. The summed E-state index contributed by atoms with van der Waals surface area (Å²) < 4.78 is 11.9. The van der Waals surface area contributed by atoms with Gasteiger partial charge in [-0.3, -0.25) is 0 Å². The van der Waals surface area contributed by atoms with Gasteiger partial charge in [-0.2, -0.15) is 0 Å². The van der Waals surface area contributed by atoms with Crippen LogP contribution in [0.15, 0.2) is 24.3 Å². The van der Waals surface area contributed by atoms with Gasteiger partial charge in [-0.15, -0.1) is 0 Å². The molecule has 0 bridgehead atoms. The van der Waals surface area contributed by atoms with Crippen LogP contribution in [0.2, 0.25) is 0 Å². The van der Waals surface area contributed by atoms with E-state index in [4.69, 9.17) is 9.47 Å². The first-order chi connectivity index (χ1) is 9.69. The van der Waals surface area contributed by atoms with Crippen molar-refractivity contribution in [2.75, 3.05) is 38.8 Å².